The average Bonchev–Trinajstić information content (AvgIpc) is 1.58. The summed E-state index contributed by atoms with van der Waals surface area (Å²) < 4.78 is 4.99. The molecule has 0 atom stereocenters. The van der Waals surface area contributed by atoms with Gasteiger partial charge >= 0.3 is 6.03 Å². The van der Waals surface area contributed by atoms with Crippen LogP contribution in [0.15, 0.2) is 12.8 Å². The van der Waals surface area contributed by atoms with E-state index < -0.39 is 6.03 Å². The lowest BCUT2D eigenvalue weighted by molar-refractivity contribution is 0.0775. The Hall–Kier alpha value is -1.19. The number of ether oxygens (including phenoxy) is 1. The van der Waals surface area contributed by atoms with Crippen molar-refractivity contribution in [1.82, 2.24) is 0 Å². The summed E-state index contributed by atoms with van der Waals surface area (Å²) in [5.74, 6) is 0. The van der Waals surface area contributed by atoms with E-state index in [4.69, 9.17) is 9.53 Å². The molecule has 4 heteroatoms. The molecule has 0 aromatic carbocycles. The SMILES string of the molecule is C=COC(C)(C)C.NC(N)=O. The molecule has 11 heavy (non-hydrogen) atoms. The van der Waals surface area contributed by atoms with E-state index in [0.29, 0.717) is 0 Å². The van der Waals surface area contributed by atoms with Crippen LogP contribution in [0.4, 0.5) is 4.79 Å². The second-order valence-electron chi connectivity index (χ2n) is 2.80. The molecule has 0 spiro atoms. The largest absolute Gasteiger partial charge is 0.496 e. The number of hydrogen-bond acceptors (Lipinski definition) is 2. The number of rotatable bonds is 1. The molecule has 4 nitrogen and oxygen atoms in total. The first-order chi connectivity index (χ1) is 4.79. The second kappa shape index (κ2) is 5.58. The van der Waals surface area contributed by atoms with Crippen molar-refractivity contribution in [1.29, 1.82) is 0 Å². The number of carbonyl (C=O) groups is 1. The van der Waals surface area contributed by atoms with E-state index in [1.807, 2.05) is 20.8 Å². The van der Waals surface area contributed by atoms with E-state index in [1.165, 1.54) is 6.26 Å². The van der Waals surface area contributed by atoms with Crippen LogP contribution >= 0.6 is 0 Å². The molecule has 0 aliphatic carbocycles. The monoisotopic (exact) mass is 160 g/mol. The normalized spacial score (nSPS) is 9.00. The molecular formula is C7H16N2O2. The number of urea groups is 1. The number of hydrogen-bond donors (Lipinski definition) is 2. The maximum absolute atomic E-state index is 9.00. The predicted molar refractivity (Wildman–Crippen MR) is 44.8 cm³/mol. The summed E-state index contributed by atoms with van der Waals surface area (Å²) in [5.41, 5.74) is 8.43. The molecule has 0 rings (SSSR count). The average molecular weight is 160 g/mol. The first-order valence-corrected chi connectivity index (χ1v) is 3.13. The topological polar surface area (TPSA) is 78.3 Å². The summed E-state index contributed by atoms with van der Waals surface area (Å²) in [6, 6.07) is -0.833. The van der Waals surface area contributed by atoms with Crippen LogP contribution < -0.4 is 11.5 Å². The lowest BCUT2D eigenvalue weighted by atomic mass is 10.2. The van der Waals surface area contributed by atoms with Crippen LogP contribution in [0, 0.1) is 0 Å². The number of nitrogens with two attached hydrogens (primary N) is 2. The van der Waals surface area contributed by atoms with Crippen LogP contribution in [-0.2, 0) is 4.74 Å². The third kappa shape index (κ3) is 51.7. The van der Waals surface area contributed by atoms with Gasteiger partial charge in [-0.15, -0.1) is 0 Å². The van der Waals surface area contributed by atoms with Gasteiger partial charge in [0, 0.05) is 0 Å². The number of amides is 2. The molecule has 0 radical (unpaired) electrons. The molecule has 0 bridgehead atoms. The van der Waals surface area contributed by atoms with Crippen molar-refractivity contribution in [3.63, 3.8) is 0 Å². The Bertz CT molecular complexity index is 123. The highest BCUT2D eigenvalue weighted by Crippen LogP contribution is 2.05. The Morgan fingerprint density at radius 2 is 1.73 bits per heavy atom. The Balaban J connectivity index is 0. The maximum Gasteiger partial charge on any atom is 0.309 e. The van der Waals surface area contributed by atoms with Crippen LogP contribution in [-0.4, -0.2) is 11.6 Å². The molecule has 0 aliphatic rings. The lowest BCUT2D eigenvalue weighted by Gasteiger charge is -2.16. The number of primary amides is 2. The van der Waals surface area contributed by atoms with E-state index in [0.717, 1.165) is 0 Å². The second-order valence-corrected chi connectivity index (χ2v) is 2.80. The van der Waals surface area contributed by atoms with Crippen LogP contribution in [0.2, 0.25) is 0 Å². The van der Waals surface area contributed by atoms with Gasteiger partial charge in [-0.3, -0.25) is 0 Å². The third-order valence-corrected chi connectivity index (χ3v) is 0.437. The Morgan fingerprint density at radius 3 is 1.73 bits per heavy atom. The molecule has 2 amide bonds. The zero-order valence-electron chi connectivity index (χ0n) is 7.26. The molecule has 4 N–H and O–H groups in total. The van der Waals surface area contributed by atoms with Crippen LogP contribution in [0.3, 0.4) is 0 Å². The lowest BCUT2D eigenvalue weighted by Crippen LogP contribution is -2.18. The molecular weight excluding hydrogens is 144 g/mol. The van der Waals surface area contributed by atoms with E-state index in [-0.39, 0.29) is 5.60 Å². The highest BCUT2D eigenvalue weighted by atomic mass is 16.5. The third-order valence-electron chi connectivity index (χ3n) is 0.437. The zero-order valence-corrected chi connectivity index (χ0v) is 7.26. The molecule has 0 saturated carbocycles. The predicted octanol–water partition coefficient (Wildman–Crippen LogP) is 0.969. The van der Waals surface area contributed by atoms with Crippen molar-refractivity contribution in [2.45, 2.75) is 26.4 Å². The first-order valence-electron chi connectivity index (χ1n) is 3.13. The van der Waals surface area contributed by atoms with Gasteiger partial charge in [0.1, 0.15) is 0 Å². The van der Waals surface area contributed by atoms with Crippen molar-refractivity contribution < 1.29 is 9.53 Å². The fourth-order valence-corrected chi connectivity index (χ4v) is 0.250. The molecule has 0 unspecified atom stereocenters. The van der Waals surface area contributed by atoms with Crippen molar-refractivity contribution >= 4 is 6.03 Å². The molecule has 0 aliphatic heterocycles. The standard InChI is InChI=1S/C6H12O.CH4N2O/c1-5-7-6(2,3)4;2-1(3)4/h5H,1H2,2-4H3;(H4,2,3,4). The van der Waals surface area contributed by atoms with Crippen LogP contribution in [0.1, 0.15) is 20.8 Å². The Kier molecular flexibility index (Phi) is 6.34. The summed E-state index contributed by atoms with van der Waals surface area (Å²) in [6.07, 6.45) is 1.46. The van der Waals surface area contributed by atoms with Crippen molar-refractivity contribution in [2.75, 3.05) is 0 Å². The maximum atomic E-state index is 9.00. The molecule has 0 saturated heterocycles. The van der Waals surface area contributed by atoms with Gasteiger partial charge in [0.25, 0.3) is 0 Å². The minimum Gasteiger partial charge on any atom is -0.496 e. The van der Waals surface area contributed by atoms with Gasteiger partial charge in [-0.25, -0.2) is 4.79 Å². The van der Waals surface area contributed by atoms with Crippen molar-refractivity contribution in [3.05, 3.63) is 12.8 Å². The molecule has 0 aromatic rings. The summed E-state index contributed by atoms with van der Waals surface area (Å²) in [4.78, 5) is 9.00. The Morgan fingerprint density at radius 1 is 1.45 bits per heavy atom. The van der Waals surface area contributed by atoms with Gasteiger partial charge in [0.05, 0.1) is 11.9 Å². The van der Waals surface area contributed by atoms with Gasteiger partial charge in [-0.05, 0) is 20.8 Å². The minimum atomic E-state index is -0.833. The van der Waals surface area contributed by atoms with Gasteiger partial charge in [-0.2, -0.15) is 0 Å². The van der Waals surface area contributed by atoms with E-state index in [1.54, 1.807) is 0 Å². The fraction of sp³-hybridized carbons (Fsp3) is 0.571. The minimum absolute atomic E-state index is 0.0677. The number of carbonyl (C=O) groups excluding carboxylic acids is 1. The first kappa shape index (κ1) is 12.5. The van der Waals surface area contributed by atoms with E-state index in [2.05, 4.69) is 18.0 Å². The molecule has 0 fully saturated rings. The summed E-state index contributed by atoms with van der Waals surface area (Å²) in [5, 5.41) is 0. The summed E-state index contributed by atoms with van der Waals surface area (Å²) in [6.45, 7) is 9.37. The molecule has 66 valence electrons. The van der Waals surface area contributed by atoms with E-state index >= 15 is 0 Å². The van der Waals surface area contributed by atoms with Crippen LogP contribution in [0.25, 0.3) is 0 Å². The van der Waals surface area contributed by atoms with Crippen molar-refractivity contribution in [2.24, 2.45) is 11.5 Å². The van der Waals surface area contributed by atoms with Crippen molar-refractivity contribution in [3.8, 4) is 0 Å². The van der Waals surface area contributed by atoms with Gasteiger partial charge in [0.15, 0.2) is 0 Å². The van der Waals surface area contributed by atoms with Gasteiger partial charge in [-0.1, -0.05) is 6.58 Å². The Labute approximate surface area is 67.2 Å². The zero-order chi connectivity index (χ0) is 9.49. The fourth-order valence-electron chi connectivity index (χ4n) is 0.250. The highest BCUT2D eigenvalue weighted by molar-refractivity contribution is 5.69. The summed E-state index contributed by atoms with van der Waals surface area (Å²) >= 11 is 0. The van der Waals surface area contributed by atoms with Gasteiger partial charge < -0.3 is 16.2 Å². The molecule has 0 aromatic heterocycles. The van der Waals surface area contributed by atoms with Gasteiger partial charge in [0.2, 0.25) is 0 Å². The van der Waals surface area contributed by atoms with Crippen LogP contribution in [0.5, 0.6) is 0 Å². The highest BCUT2D eigenvalue weighted by Gasteiger charge is 2.05. The van der Waals surface area contributed by atoms with E-state index in [9.17, 15) is 0 Å². The quantitative estimate of drug-likeness (QED) is 0.560. The molecule has 0 heterocycles. The summed E-state index contributed by atoms with van der Waals surface area (Å²) in [7, 11) is 0. The smallest absolute Gasteiger partial charge is 0.309 e.